The standard InChI is InChI=1S/C10H14O2/c1-2-3-5-8-6-4-7-9(11)10(8)12/h4,6-7,11-12H,2-3,5H2,1H3/p-2. The summed E-state index contributed by atoms with van der Waals surface area (Å²) < 4.78 is 0. The van der Waals surface area contributed by atoms with Crippen LogP contribution in [0.3, 0.4) is 0 Å². The zero-order chi connectivity index (χ0) is 8.97. The predicted molar refractivity (Wildman–Crippen MR) is 43.9 cm³/mol. The number of benzene rings is 1. The van der Waals surface area contributed by atoms with E-state index < -0.39 is 0 Å². The van der Waals surface area contributed by atoms with Crippen LogP contribution >= 0.6 is 0 Å². The van der Waals surface area contributed by atoms with E-state index in [1.807, 2.05) is 0 Å². The van der Waals surface area contributed by atoms with Gasteiger partial charge in [-0.1, -0.05) is 37.1 Å². The summed E-state index contributed by atoms with van der Waals surface area (Å²) >= 11 is 0. The number of hydrogen-bond acceptors (Lipinski definition) is 2. The zero-order valence-electron chi connectivity index (χ0n) is 7.17. The SMILES string of the molecule is CCCCc1cccc([O-])c1[O-]. The average molecular weight is 164 g/mol. The summed E-state index contributed by atoms with van der Waals surface area (Å²) in [5.74, 6) is -0.713. The first kappa shape index (κ1) is 8.91. The smallest absolute Gasteiger partial charge is 0.0285 e. The largest absolute Gasteiger partial charge is 0.873 e. The van der Waals surface area contributed by atoms with Crippen molar-refractivity contribution in [2.24, 2.45) is 0 Å². The van der Waals surface area contributed by atoms with Crippen LogP contribution in [0, 0.1) is 0 Å². The van der Waals surface area contributed by atoms with Crippen molar-refractivity contribution in [3.05, 3.63) is 23.8 Å². The Morgan fingerprint density at radius 1 is 1.25 bits per heavy atom. The molecule has 0 aromatic heterocycles. The Morgan fingerprint density at radius 3 is 2.67 bits per heavy atom. The van der Waals surface area contributed by atoms with Crippen LogP contribution in [0.2, 0.25) is 0 Å². The van der Waals surface area contributed by atoms with Gasteiger partial charge >= 0.3 is 0 Å². The zero-order valence-corrected chi connectivity index (χ0v) is 7.17. The van der Waals surface area contributed by atoms with E-state index in [4.69, 9.17) is 0 Å². The molecule has 0 aliphatic carbocycles. The molecule has 0 saturated carbocycles. The van der Waals surface area contributed by atoms with Crippen LogP contribution in [0.5, 0.6) is 11.5 Å². The Hall–Kier alpha value is -1.18. The van der Waals surface area contributed by atoms with Gasteiger partial charge < -0.3 is 10.2 Å². The van der Waals surface area contributed by atoms with E-state index in [9.17, 15) is 10.2 Å². The molecule has 0 unspecified atom stereocenters. The van der Waals surface area contributed by atoms with E-state index >= 15 is 0 Å². The lowest BCUT2D eigenvalue weighted by atomic mass is 10.1. The van der Waals surface area contributed by atoms with Gasteiger partial charge in [0.05, 0.1) is 0 Å². The fourth-order valence-electron chi connectivity index (χ4n) is 1.13. The van der Waals surface area contributed by atoms with Crippen LogP contribution in [-0.4, -0.2) is 0 Å². The third-order valence-electron chi connectivity index (χ3n) is 1.86. The van der Waals surface area contributed by atoms with Gasteiger partial charge in [-0.05, 0) is 12.8 Å². The molecule has 2 nitrogen and oxygen atoms in total. The molecule has 1 aromatic rings. The first-order chi connectivity index (χ1) is 5.75. The number of rotatable bonds is 3. The minimum atomic E-state index is -0.386. The summed E-state index contributed by atoms with van der Waals surface area (Å²) in [6, 6.07) is 4.70. The van der Waals surface area contributed by atoms with E-state index in [0.29, 0.717) is 5.56 Å². The normalized spacial score (nSPS) is 10.1. The fourth-order valence-corrected chi connectivity index (χ4v) is 1.13. The Kier molecular flexibility index (Phi) is 2.97. The second kappa shape index (κ2) is 4.00. The molecule has 2 heteroatoms. The van der Waals surface area contributed by atoms with E-state index in [1.54, 1.807) is 12.1 Å². The quantitative estimate of drug-likeness (QED) is 0.673. The number of unbranched alkanes of at least 4 members (excludes halogenated alkanes) is 1. The summed E-state index contributed by atoms with van der Waals surface area (Å²) in [5, 5.41) is 22.1. The lowest BCUT2D eigenvalue weighted by Gasteiger charge is -2.21. The molecule has 0 saturated heterocycles. The van der Waals surface area contributed by atoms with Crippen LogP contribution < -0.4 is 10.2 Å². The fraction of sp³-hybridized carbons (Fsp3) is 0.400. The minimum absolute atomic E-state index is 0.328. The third-order valence-corrected chi connectivity index (χ3v) is 1.86. The summed E-state index contributed by atoms with van der Waals surface area (Å²) in [5.41, 5.74) is 0.657. The van der Waals surface area contributed by atoms with Crippen molar-refractivity contribution in [1.29, 1.82) is 0 Å². The van der Waals surface area contributed by atoms with Crippen molar-refractivity contribution in [2.45, 2.75) is 26.2 Å². The summed E-state index contributed by atoms with van der Waals surface area (Å²) in [4.78, 5) is 0. The molecule has 1 rings (SSSR count). The molecule has 0 heterocycles. The van der Waals surface area contributed by atoms with E-state index in [-0.39, 0.29) is 11.5 Å². The topological polar surface area (TPSA) is 46.1 Å². The van der Waals surface area contributed by atoms with Crippen molar-refractivity contribution in [2.75, 3.05) is 0 Å². The van der Waals surface area contributed by atoms with Crippen LogP contribution in [0.15, 0.2) is 18.2 Å². The Labute approximate surface area is 72.5 Å². The third kappa shape index (κ3) is 1.91. The molecule has 1 aromatic carbocycles. The molecule has 0 amide bonds. The molecule has 12 heavy (non-hydrogen) atoms. The summed E-state index contributed by atoms with van der Waals surface area (Å²) in [6.45, 7) is 2.06. The molecule has 0 aliphatic heterocycles. The molecular formula is C10H12O2-2. The highest BCUT2D eigenvalue weighted by Gasteiger charge is 1.92. The lowest BCUT2D eigenvalue weighted by Crippen LogP contribution is -2.02. The van der Waals surface area contributed by atoms with E-state index in [0.717, 1.165) is 19.3 Å². The van der Waals surface area contributed by atoms with Gasteiger partial charge in [0.25, 0.3) is 0 Å². The molecule has 0 spiro atoms. The molecule has 0 aliphatic rings. The maximum absolute atomic E-state index is 11.2. The maximum atomic E-state index is 11.2. The van der Waals surface area contributed by atoms with Gasteiger partial charge in [-0.2, -0.15) is 0 Å². The first-order valence-corrected chi connectivity index (χ1v) is 4.21. The Morgan fingerprint density at radius 2 is 2.00 bits per heavy atom. The van der Waals surface area contributed by atoms with Gasteiger partial charge in [0, 0.05) is 0 Å². The highest BCUT2D eigenvalue weighted by atomic mass is 16.3. The van der Waals surface area contributed by atoms with Crippen LogP contribution in [-0.2, 0) is 6.42 Å². The van der Waals surface area contributed by atoms with Gasteiger partial charge in [-0.25, -0.2) is 0 Å². The predicted octanol–water partition coefficient (Wildman–Crippen LogP) is 1.18. The monoisotopic (exact) mass is 164 g/mol. The Balaban J connectivity index is 2.78. The van der Waals surface area contributed by atoms with Crippen LogP contribution in [0.4, 0.5) is 0 Å². The van der Waals surface area contributed by atoms with Gasteiger partial charge in [-0.15, -0.1) is 11.5 Å². The van der Waals surface area contributed by atoms with Crippen molar-refractivity contribution in [1.82, 2.24) is 0 Å². The second-order valence-corrected chi connectivity index (χ2v) is 2.85. The van der Waals surface area contributed by atoms with E-state index in [1.165, 1.54) is 6.07 Å². The van der Waals surface area contributed by atoms with Gasteiger partial charge in [-0.3, -0.25) is 0 Å². The van der Waals surface area contributed by atoms with Crippen molar-refractivity contribution < 1.29 is 10.2 Å². The molecule has 0 fully saturated rings. The molecule has 66 valence electrons. The second-order valence-electron chi connectivity index (χ2n) is 2.85. The molecule has 0 radical (unpaired) electrons. The number of hydrogen-bond donors (Lipinski definition) is 0. The highest BCUT2D eigenvalue weighted by Crippen LogP contribution is 2.23. The lowest BCUT2D eigenvalue weighted by molar-refractivity contribution is -0.318. The van der Waals surface area contributed by atoms with E-state index in [2.05, 4.69) is 6.92 Å². The van der Waals surface area contributed by atoms with Crippen LogP contribution in [0.25, 0.3) is 0 Å². The van der Waals surface area contributed by atoms with Crippen molar-refractivity contribution >= 4 is 0 Å². The summed E-state index contributed by atoms with van der Waals surface area (Å²) in [6.07, 6.45) is 2.74. The molecular weight excluding hydrogens is 152 g/mol. The Bertz CT molecular complexity index is 256. The van der Waals surface area contributed by atoms with Crippen LogP contribution in [0.1, 0.15) is 25.3 Å². The number of para-hydroxylation sites is 1. The van der Waals surface area contributed by atoms with Crippen molar-refractivity contribution in [3.63, 3.8) is 0 Å². The molecule has 0 bridgehead atoms. The first-order valence-electron chi connectivity index (χ1n) is 4.21. The average Bonchev–Trinajstić information content (AvgIpc) is 2.08. The van der Waals surface area contributed by atoms with Gasteiger partial charge in [0.15, 0.2) is 0 Å². The van der Waals surface area contributed by atoms with Crippen molar-refractivity contribution in [3.8, 4) is 11.5 Å². The minimum Gasteiger partial charge on any atom is -0.873 e. The summed E-state index contributed by atoms with van der Waals surface area (Å²) in [7, 11) is 0. The molecule has 0 N–H and O–H groups in total. The van der Waals surface area contributed by atoms with Gasteiger partial charge in [0.2, 0.25) is 0 Å². The molecule has 0 atom stereocenters. The van der Waals surface area contributed by atoms with Gasteiger partial charge in [0.1, 0.15) is 0 Å². The maximum Gasteiger partial charge on any atom is -0.0285 e. The number of aryl methyl sites for hydroxylation is 1. The highest BCUT2D eigenvalue weighted by molar-refractivity contribution is 5.42.